The van der Waals surface area contributed by atoms with E-state index in [1.54, 1.807) is 0 Å². The summed E-state index contributed by atoms with van der Waals surface area (Å²) in [5.74, 6) is 0.169. The third kappa shape index (κ3) is 2.81. The number of anilines is 1. The van der Waals surface area contributed by atoms with Crippen molar-refractivity contribution in [3.05, 3.63) is 24.3 Å². The first-order valence-corrected chi connectivity index (χ1v) is 5.79. The molecule has 0 amide bonds. The molecular formula is C11H12F3N5O. The summed E-state index contributed by atoms with van der Waals surface area (Å²) in [6.07, 6.45) is -1.05. The molecular weight excluding hydrogens is 275 g/mol. The predicted molar refractivity (Wildman–Crippen MR) is 64.4 cm³/mol. The monoisotopic (exact) mass is 287 g/mol. The van der Waals surface area contributed by atoms with Crippen molar-refractivity contribution in [3.63, 3.8) is 0 Å². The largest absolute Gasteiger partial charge is 0.476 e. The van der Waals surface area contributed by atoms with Crippen molar-refractivity contribution in [2.45, 2.75) is 19.5 Å². The van der Waals surface area contributed by atoms with Crippen molar-refractivity contribution in [1.29, 1.82) is 0 Å². The summed E-state index contributed by atoms with van der Waals surface area (Å²) < 4.78 is 43.8. The number of alkyl halides is 3. The molecule has 9 heteroatoms. The number of rotatable bonds is 4. The van der Waals surface area contributed by atoms with E-state index in [4.69, 9.17) is 10.5 Å². The molecule has 0 bridgehead atoms. The molecule has 2 rings (SSSR count). The standard InChI is InChI=1S/C11H12F3N5O/c1-2-3-20-10-8(15)9(16-6-17-10)19-5-7(4-18-19)11(12,13)14/h4-6H,2-3,15H2,1H3. The van der Waals surface area contributed by atoms with E-state index in [9.17, 15) is 13.2 Å². The first-order chi connectivity index (χ1) is 9.43. The lowest BCUT2D eigenvalue weighted by molar-refractivity contribution is -0.137. The predicted octanol–water partition coefficient (Wildman–Crippen LogP) is 2.05. The van der Waals surface area contributed by atoms with Crippen molar-refractivity contribution in [2.75, 3.05) is 12.3 Å². The van der Waals surface area contributed by atoms with Gasteiger partial charge >= 0.3 is 6.18 Å². The lowest BCUT2D eigenvalue weighted by Crippen LogP contribution is -2.08. The van der Waals surface area contributed by atoms with Gasteiger partial charge in [0.05, 0.1) is 18.4 Å². The van der Waals surface area contributed by atoms with E-state index in [2.05, 4.69) is 15.1 Å². The second kappa shape index (κ2) is 5.35. The third-order valence-corrected chi connectivity index (χ3v) is 2.40. The van der Waals surface area contributed by atoms with E-state index in [0.717, 1.165) is 23.6 Å². The normalized spacial score (nSPS) is 11.6. The summed E-state index contributed by atoms with van der Waals surface area (Å²) in [6.45, 7) is 2.30. The molecule has 0 aliphatic rings. The van der Waals surface area contributed by atoms with Gasteiger partial charge in [0.1, 0.15) is 12.0 Å². The molecule has 0 aliphatic heterocycles. The van der Waals surface area contributed by atoms with Gasteiger partial charge in [0, 0.05) is 6.20 Å². The van der Waals surface area contributed by atoms with Crippen molar-refractivity contribution in [1.82, 2.24) is 19.7 Å². The fourth-order valence-corrected chi connectivity index (χ4v) is 1.45. The summed E-state index contributed by atoms with van der Waals surface area (Å²) in [5.41, 5.74) is 4.94. The molecule has 2 heterocycles. The second-order valence-electron chi connectivity index (χ2n) is 3.94. The van der Waals surface area contributed by atoms with E-state index in [1.807, 2.05) is 6.92 Å². The number of nitrogens with two attached hydrogens (primary N) is 1. The molecule has 2 aromatic rings. The van der Waals surface area contributed by atoms with Gasteiger partial charge in [-0.3, -0.25) is 0 Å². The quantitative estimate of drug-likeness (QED) is 0.931. The molecule has 0 atom stereocenters. The topological polar surface area (TPSA) is 78.9 Å². The van der Waals surface area contributed by atoms with Gasteiger partial charge in [-0.2, -0.15) is 23.3 Å². The van der Waals surface area contributed by atoms with Crippen molar-refractivity contribution >= 4 is 5.69 Å². The lowest BCUT2D eigenvalue weighted by Gasteiger charge is -2.09. The molecule has 20 heavy (non-hydrogen) atoms. The lowest BCUT2D eigenvalue weighted by atomic mass is 10.3. The van der Waals surface area contributed by atoms with Crippen molar-refractivity contribution in [2.24, 2.45) is 0 Å². The number of ether oxygens (including phenoxy) is 1. The van der Waals surface area contributed by atoms with Gasteiger partial charge in [0.15, 0.2) is 5.82 Å². The van der Waals surface area contributed by atoms with Crippen molar-refractivity contribution in [3.8, 4) is 11.7 Å². The minimum absolute atomic E-state index is 0.0396. The van der Waals surface area contributed by atoms with Crippen LogP contribution in [0.1, 0.15) is 18.9 Å². The maximum Gasteiger partial charge on any atom is 0.419 e. The Hall–Kier alpha value is -2.32. The number of hydrogen-bond donors (Lipinski definition) is 1. The minimum atomic E-state index is -4.47. The first kappa shape index (κ1) is 14.1. The summed E-state index contributed by atoms with van der Waals surface area (Å²) in [7, 11) is 0. The Morgan fingerprint density at radius 3 is 2.70 bits per heavy atom. The Balaban J connectivity index is 2.35. The van der Waals surface area contributed by atoms with E-state index in [0.29, 0.717) is 12.8 Å². The smallest absolute Gasteiger partial charge is 0.419 e. The first-order valence-electron chi connectivity index (χ1n) is 5.79. The van der Waals surface area contributed by atoms with Gasteiger partial charge in [0.2, 0.25) is 5.88 Å². The minimum Gasteiger partial charge on any atom is -0.476 e. The van der Waals surface area contributed by atoms with Crippen LogP contribution in [0.25, 0.3) is 5.82 Å². The van der Waals surface area contributed by atoms with Crippen molar-refractivity contribution < 1.29 is 17.9 Å². The van der Waals surface area contributed by atoms with Crippen LogP contribution in [0.4, 0.5) is 18.9 Å². The maximum atomic E-state index is 12.5. The molecule has 108 valence electrons. The molecule has 0 aromatic carbocycles. The number of nitrogen functional groups attached to an aromatic ring is 1. The SMILES string of the molecule is CCCOc1ncnc(-n2cc(C(F)(F)F)cn2)c1N. The Labute approximate surface area is 112 Å². The summed E-state index contributed by atoms with van der Waals surface area (Å²) in [6, 6.07) is 0. The molecule has 0 saturated carbocycles. The van der Waals surface area contributed by atoms with Crippen LogP contribution in [0.5, 0.6) is 5.88 Å². The zero-order valence-corrected chi connectivity index (χ0v) is 10.6. The van der Waals surface area contributed by atoms with Crippen LogP contribution in [0, 0.1) is 0 Å². The number of aromatic nitrogens is 4. The molecule has 0 radical (unpaired) electrons. The summed E-state index contributed by atoms with van der Waals surface area (Å²) in [5, 5.41) is 3.61. The second-order valence-corrected chi connectivity index (χ2v) is 3.94. The van der Waals surface area contributed by atoms with Crippen LogP contribution < -0.4 is 10.5 Å². The van der Waals surface area contributed by atoms with Gasteiger partial charge in [-0.15, -0.1) is 0 Å². The zero-order chi connectivity index (χ0) is 14.8. The molecule has 0 unspecified atom stereocenters. The Morgan fingerprint density at radius 2 is 2.10 bits per heavy atom. The van der Waals surface area contributed by atoms with E-state index < -0.39 is 11.7 Å². The fraction of sp³-hybridized carbons (Fsp3) is 0.364. The number of nitrogens with zero attached hydrogens (tertiary/aromatic N) is 4. The highest BCUT2D eigenvalue weighted by atomic mass is 19.4. The van der Waals surface area contributed by atoms with Gasteiger partial charge in [-0.1, -0.05) is 6.92 Å². The highest BCUT2D eigenvalue weighted by molar-refractivity contribution is 5.59. The van der Waals surface area contributed by atoms with Gasteiger partial charge in [-0.25, -0.2) is 9.67 Å². The molecule has 6 nitrogen and oxygen atoms in total. The van der Waals surface area contributed by atoms with Gasteiger partial charge < -0.3 is 10.5 Å². The highest BCUT2D eigenvalue weighted by Crippen LogP contribution is 2.30. The zero-order valence-electron chi connectivity index (χ0n) is 10.6. The Kier molecular flexibility index (Phi) is 3.77. The van der Waals surface area contributed by atoms with E-state index in [1.165, 1.54) is 0 Å². The number of hydrogen-bond acceptors (Lipinski definition) is 5. The molecule has 2 N–H and O–H groups in total. The van der Waals surface area contributed by atoms with Crippen LogP contribution in [0.2, 0.25) is 0 Å². The van der Waals surface area contributed by atoms with E-state index >= 15 is 0 Å². The van der Waals surface area contributed by atoms with Crippen LogP contribution in [0.3, 0.4) is 0 Å². The average Bonchev–Trinajstić information content (AvgIpc) is 2.87. The third-order valence-electron chi connectivity index (χ3n) is 2.40. The van der Waals surface area contributed by atoms with Crippen LogP contribution in [-0.2, 0) is 6.18 Å². The molecule has 0 spiro atoms. The molecule has 0 saturated heterocycles. The maximum absolute atomic E-state index is 12.5. The van der Waals surface area contributed by atoms with E-state index in [-0.39, 0.29) is 17.4 Å². The number of halogens is 3. The molecule has 0 aliphatic carbocycles. The summed E-state index contributed by atoms with van der Waals surface area (Å²) >= 11 is 0. The average molecular weight is 287 g/mol. The van der Waals surface area contributed by atoms with Crippen LogP contribution in [-0.4, -0.2) is 26.4 Å². The fourth-order valence-electron chi connectivity index (χ4n) is 1.45. The Bertz CT molecular complexity index is 596. The van der Waals surface area contributed by atoms with Gasteiger partial charge in [0.25, 0.3) is 0 Å². The van der Waals surface area contributed by atoms with Gasteiger partial charge in [-0.05, 0) is 6.42 Å². The highest BCUT2D eigenvalue weighted by Gasteiger charge is 2.32. The molecule has 2 aromatic heterocycles. The molecule has 0 fully saturated rings. The summed E-state index contributed by atoms with van der Waals surface area (Å²) in [4.78, 5) is 7.67. The van der Waals surface area contributed by atoms with Crippen LogP contribution in [0.15, 0.2) is 18.7 Å². The van der Waals surface area contributed by atoms with Crippen LogP contribution >= 0.6 is 0 Å². The Morgan fingerprint density at radius 1 is 1.35 bits per heavy atom.